The second kappa shape index (κ2) is 6.38. The lowest BCUT2D eigenvalue weighted by Gasteiger charge is -2.30. The van der Waals surface area contributed by atoms with Crippen molar-refractivity contribution in [2.24, 2.45) is 0 Å². The molecule has 0 saturated carbocycles. The van der Waals surface area contributed by atoms with Gasteiger partial charge in [-0.25, -0.2) is 0 Å². The Balaban J connectivity index is 2.06. The highest BCUT2D eigenvalue weighted by Gasteiger charge is 2.19. The molecule has 0 radical (unpaired) electrons. The van der Waals surface area contributed by atoms with Gasteiger partial charge in [0.2, 0.25) is 0 Å². The fourth-order valence-corrected chi connectivity index (χ4v) is 3.21. The SMILES string of the molecule is Cc1cc(C)cc(NC(=S)N2CCCCCC2C)c1. The summed E-state index contributed by atoms with van der Waals surface area (Å²) in [6, 6.07) is 7.04. The van der Waals surface area contributed by atoms with Gasteiger partial charge in [0.25, 0.3) is 0 Å². The second-order valence-corrected chi connectivity index (χ2v) is 6.08. The molecule has 1 saturated heterocycles. The van der Waals surface area contributed by atoms with Gasteiger partial charge in [-0.2, -0.15) is 0 Å². The van der Waals surface area contributed by atoms with Gasteiger partial charge in [0.05, 0.1) is 0 Å². The van der Waals surface area contributed by atoms with Crippen molar-refractivity contribution >= 4 is 23.0 Å². The van der Waals surface area contributed by atoms with Gasteiger partial charge >= 0.3 is 0 Å². The monoisotopic (exact) mass is 276 g/mol. The zero-order valence-electron chi connectivity index (χ0n) is 12.2. The Kier molecular flexibility index (Phi) is 4.81. The smallest absolute Gasteiger partial charge is 0.173 e. The van der Waals surface area contributed by atoms with Gasteiger partial charge in [-0.15, -0.1) is 0 Å². The van der Waals surface area contributed by atoms with Crippen LogP contribution in [0.1, 0.15) is 43.7 Å². The third-order valence-electron chi connectivity index (χ3n) is 3.79. The third-order valence-corrected chi connectivity index (χ3v) is 4.12. The normalized spacial score (nSPS) is 19.9. The molecule has 0 aromatic heterocycles. The van der Waals surface area contributed by atoms with E-state index in [1.165, 1.54) is 36.8 Å². The first-order valence-electron chi connectivity index (χ1n) is 7.22. The number of rotatable bonds is 1. The van der Waals surface area contributed by atoms with E-state index in [2.05, 4.69) is 49.2 Å². The Morgan fingerprint density at radius 2 is 1.84 bits per heavy atom. The molecule has 2 rings (SSSR count). The number of nitrogens with one attached hydrogen (secondary N) is 1. The Bertz CT molecular complexity index is 436. The van der Waals surface area contributed by atoms with Crippen molar-refractivity contribution in [3.8, 4) is 0 Å². The number of anilines is 1. The van der Waals surface area contributed by atoms with Crippen molar-refractivity contribution in [3.05, 3.63) is 29.3 Å². The van der Waals surface area contributed by atoms with Crippen molar-refractivity contribution in [2.75, 3.05) is 11.9 Å². The molecule has 1 aromatic rings. The fraction of sp³-hybridized carbons (Fsp3) is 0.562. The first kappa shape index (κ1) is 14.3. The van der Waals surface area contributed by atoms with Gasteiger partial charge in [0, 0.05) is 18.3 Å². The van der Waals surface area contributed by atoms with Crippen LogP contribution in [0.2, 0.25) is 0 Å². The van der Waals surface area contributed by atoms with Crippen LogP contribution in [0.3, 0.4) is 0 Å². The number of likely N-dealkylation sites (tertiary alicyclic amines) is 1. The summed E-state index contributed by atoms with van der Waals surface area (Å²) in [6.45, 7) is 7.60. The van der Waals surface area contributed by atoms with Crippen molar-refractivity contribution in [1.82, 2.24) is 4.90 Å². The Hall–Kier alpha value is -1.09. The van der Waals surface area contributed by atoms with Crippen LogP contribution in [-0.2, 0) is 0 Å². The van der Waals surface area contributed by atoms with Crippen molar-refractivity contribution in [3.63, 3.8) is 0 Å². The van der Waals surface area contributed by atoms with Gasteiger partial charge in [0.15, 0.2) is 5.11 Å². The molecule has 1 aliphatic rings. The molecule has 1 heterocycles. The molecular weight excluding hydrogens is 252 g/mol. The molecule has 104 valence electrons. The third kappa shape index (κ3) is 3.93. The van der Waals surface area contributed by atoms with E-state index >= 15 is 0 Å². The number of hydrogen-bond acceptors (Lipinski definition) is 1. The van der Waals surface area contributed by atoms with Crippen LogP contribution in [0.25, 0.3) is 0 Å². The Morgan fingerprint density at radius 3 is 2.53 bits per heavy atom. The lowest BCUT2D eigenvalue weighted by molar-refractivity contribution is 0.341. The summed E-state index contributed by atoms with van der Waals surface area (Å²) in [7, 11) is 0. The van der Waals surface area contributed by atoms with E-state index < -0.39 is 0 Å². The van der Waals surface area contributed by atoms with E-state index in [1.807, 2.05) is 0 Å². The van der Waals surface area contributed by atoms with Crippen LogP contribution in [0.4, 0.5) is 5.69 Å². The molecule has 1 unspecified atom stereocenters. The lowest BCUT2D eigenvalue weighted by atomic mass is 10.1. The summed E-state index contributed by atoms with van der Waals surface area (Å²) in [5.74, 6) is 0. The van der Waals surface area contributed by atoms with Crippen LogP contribution >= 0.6 is 12.2 Å². The maximum Gasteiger partial charge on any atom is 0.173 e. The summed E-state index contributed by atoms with van der Waals surface area (Å²) in [4.78, 5) is 2.35. The molecule has 2 nitrogen and oxygen atoms in total. The minimum Gasteiger partial charge on any atom is -0.346 e. The zero-order chi connectivity index (χ0) is 13.8. The number of hydrogen-bond donors (Lipinski definition) is 1. The highest BCUT2D eigenvalue weighted by atomic mass is 32.1. The van der Waals surface area contributed by atoms with E-state index in [4.69, 9.17) is 12.2 Å². The van der Waals surface area contributed by atoms with E-state index in [1.54, 1.807) is 0 Å². The molecule has 3 heteroatoms. The van der Waals surface area contributed by atoms with Crippen LogP contribution in [0, 0.1) is 13.8 Å². The molecule has 0 aliphatic carbocycles. The van der Waals surface area contributed by atoms with E-state index in [0.29, 0.717) is 6.04 Å². The molecule has 0 amide bonds. The zero-order valence-corrected chi connectivity index (χ0v) is 13.0. The fourth-order valence-electron chi connectivity index (χ4n) is 2.82. The van der Waals surface area contributed by atoms with Gasteiger partial charge < -0.3 is 10.2 Å². The quantitative estimate of drug-likeness (QED) is 0.771. The maximum atomic E-state index is 5.59. The second-order valence-electron chi connectivity index (χ2n) is 5.70. The predicted molar refractivity (Wildman–Crippen MR) is 86.8 cm³/mol. The topological polar surface area (TPSA) is 15.3 Å². The molecule has 1 aromatic carbocycles. The molecule has 1 aliphatic heterocycles. The molecule has 0 spiro atoms. The largest absolute Gasteiger partial charge is 0.346 e. The van der Waals surface area contributed by atoms with Crippen molar-refractivity contribution < 1.29 is 0 Å². The van der Waals surface area contributed by atoms with Crippen LogP contribution in [-0.4, -0.2) is 22.6 Å². The Morgan fingerprint density at radius 1 is 1.16 bits per heavy atom. The molecular formula is C16H24N2S. The van der Waals surface area contributed by atoms with E-state index in [9.17, 15) is 0 Å². The van der Waals surface area contributed by atoms with Crippen LogP contribution < -0.4 is 5.32 Å². The lowest BCUT2D eigenvalue weighted by Crippen LogP contribution is -2.40. The average molecular weight is 276 g/mol. The van der Waals surface area contributed by atoms with Crippen molar-refractivity contribution in [2.45, 2.75) is 52.5 Å². The average Bonchev–Trinajstić information content (AvgIpc) is 2.52. The summed E-state index contributed by atoms with van der Waals surface area (Å²) < 4.78 is 0. The molecule has 1 fully saturated rings. The van der Waals surface area contributed by atoms with Crippen molar-refractivity contribution in [1.29, 1.82) is 0 Å². The molecule has 1 N–H and O–H groups in total. The summed E-state index contributed by atoms with van der Waals surface area (Å²) >= 11 is 5.59. The predicted octanol–water partition coefficient (Wildman–Crippen LogP) is 4.26. The molecule has 0 bridgehead atoms. The maximum absolute atomic E-state index is 5.59. The molecule has 1 atom stereocenters. The minimum absolute atomic E-state index is 0.549. The van der Waals surface area contributed by atoms with E-state index in [0.717, 1.165) is 17.3 Å². The van der Waals surface area contributed by atoms with Crippen LogP contribution in [0.15, 0.2) is 18.2 Å². The van der Waals surface area contributed by atoms with Gasteiger partial charge in [-0.3, -0.25) is 0 Å². The van der Waals surface area contributed by atoms with Gasteiger partial charge in [-0.05, 0) is 69.1 Å². The van der Waals surface area contributed by atoms with Gasteiger partial charge in [-0.1, -0.05) is 18.9 Å². The minimum atomic E-state index is 0.549. The number of nitrogens with zero attached hydrogens (tertiary/aromatic N) is 1. The Labute approximate surface area is 122 Å². The highest BCUT2D eigenvalue weighted by molar-refractivity contribution is 7.80. The highest BCUT2D eigenvalue weighted by Crippen LogP contribution is 2.19. The van der Waals surface area contributed by atoms with Gasteiger partial charge in [0.1, 0.15) is 0 Å². The first-order chi connectivity index (χ1) is 9.06. The summed E-state index contributed by atoms with van der Waals surface area (Å²) in [6.07, 6.45) is 5.14. The number of benzene rings is 1. The first-order valence-corrected chi connectivity index (χ1v) is 7.63. The van der Waals surface area contributed by atoms with E-state index in [-0.39, 0.29) is 0 Å². The van der Waals surface area contributed by atoms with Crippen LogP contribution in [0.5, 0.6) is 0 Å². The summed E-state index contributed by atoms with van der Waals surface area (Å²) in [5.41, 5.74) is 3.65. The summed E-state index contributed by atoms with van der Waals surface area (Å²) in [5, 5.41) is 4.28. The number of aryl methyl sites for hydroxylation is 2. The standard InChI is InChI=1S/C16H24N2S/c1-12-9-13(2)11-15(10-12)17-16(19)18-8-6-4-5-7-14(18)3/h9-11,14H,4-8H2,1-3H3,(H,17,19). The molecule has 19 heavy (non-hydrogen) atoms. The number of thiocarbonyl (C=S) groups is 1.